The van der Waals surface area contributed by atoms with Gasteiger partial charge in [-0.05, 0) is 56.2 Å². The second-order valence-electron chi connectivity index (χ2n) is 6.80. The number of benzene rings is 1. The van der Waals surface area contributed by atoms with Crippen molar-refractivity contribution in [1.29, 1.82) is 0 Å². The summed E-state index contributed by atoms with van der Waals surface area (Å²) in [5.41, 5.74) is 2.89. The van der Waals surface area contributed by atoms with Crippen molar-refractivity contribution in [3.63, 3.8) is 0 Å². The molecular formula is C17H26N2O2. The number of urea groups is 1. The van der Waals surface area contributed by atoms with Gasteiger partial charge in [-0.1, -0.05) is 26.0 Å². The molecule has 0 fully saturated rings. The fraction of sp³-hybridized carbons (Fsp3) is 0.588. The molecule has 2 amide bonds. The van der Waals surface area contributed by atoms with E-state index >= 15 is 0 Å². The molecule has 1 unspecified atom stereocenters. The molecule has 0 saturated carbocycles. The van der Waals surface area contributed by atoms with Crippen molar-refractivity contribution in [3.8, 4) is 0 Å². The summed E-state index contributed by atoms with van der Waals surface area (Å²) in [4.78, 5) is 12.2. The van der Waals surface area contributed by atoms with Crippen LogP contribution >= 0.6 is 0 Å². The third-order valence-corrected chi connectivity index (χ3v) is 4.58. The third-order valence-electron chi connectivity index (χ3n) is 4.58. The number of rotatable bonds is 3. The Balaban J connectivity index is 2.10. The van der Waals surface area contributed by atoms with E-state index < -0.39 is 0 Å². The molecule has 0 bridgehead atoms. The average molecular weight is 290 g/mol. The van der Waals surface area contributed by atoms with Gasteiger partial charge in [0.1, 0.15) is 0 Å². The Morgan fingerprint density at radius 3 is 2.76 bits per heavy atom. The molecule has 4 heteroatoms. The highest BCUT2D eigenvalue weighted by Crippen LogP contribution is 2.28. The quantitative estimate of drug-likeness (QED) is 0.801. The fourth-order valence-corrected chi connectivity index (χ4v) is 2.50. The number of hydrogen-bond donors (Lipinski definition) is 3. The molecule has 1 aromatic rings. The van der Waals surface area contributed by atoms with Gasteiger partial charge in [0.2, 0.25) is 0 Å². The van der Waals surface area contributed by atoms with Gasteiger partial charge in [0, 0.05) is 11.2 Å². The highest BCUT2D eigenvalue weighted by molar-refractivity contribution is 5.90. The molecule has 1 aliphatic carbocycles. The lowest BCUT2D eigenvalue weighted by molar-refractivity contribution is 0.159. The minimum absolute atomic E-state index is 0.173. The Morgan fingerprint density at radius 1 is 1.38 bits per heavy atom. The zero-order valence-corrected chi connectivity index (χ0v) is 13.4. The van der Waals surface area contributed by atoms with Crippen LogP contribution in [0, 0.1) is 5.92 Å². The number of aliphatic hydroxyl groups excluding tert-OH is 1. The molecule has 0 saturated heterocycles. The summed E-state index contributed by atoms with van der Waals surface area (Å²) in [7, 11) is 0. The smallest absolute Gasteiger partial charge is 0.319 e. The van der Waals surface area contributed by atoms with Crippen LogP contribution in [0.3, 0.4) is 0 Å². The molecule has 4 nitrogen and oxygen atoms in total. The van der Waals surface area contributed by atoms with Crippen LogP contribution < -0.4 is 10.6 Å². The van der Waals surface area contributed by atoms with E-state index in [1.54, 1.807) is 0 Å². The second kappa shape index (κ2) is 6.06. The summed E-state index contributed by atoms with van der Waals surface area (Å²) >= 11 is 0. The van der Waals surface area contributed by atoms with Gasteiger partial charge >= 0.3 is 6.03 Å². The van der Waals surface area contributed by atoms with Crippen LogP contribution in [0.1, 0.15) is 45.2 Å². The number of nitrogens with one attached hydrogen (secondary N) is 2. The summed E-state index contributed by atoms with van der Waals surface area (Å²) < 4.78 is 0. The van der Waals surface area contributed by atoms with Crippen LogP contribution in [0.15, 0.2) is 18.2 Å². The standard InChI is InChI=1S/C17H26N2O2/c1-11(2)17(3,4)19-16(21)18-15-7-5-6-12-10-13(20)8-9-14(12)15/h5-7,11,13,20H,8-10H2,1-4H3,(H2,18,19,21). The third kappa shape index (κ3) is 3.76. The molecule has 0 spiro atoms. The number of carbonyl (C=O) groups excluding carboxylic acids is 1. The first kappa shape index (κ1) is 15.8. The van der Waals surface area contributed by atoms with Gasteiger partial charge < -0.3 is 15.7 Å². The Labute approximate surface area is 126 Å². The predicted molar refractivity (Wildman–Crippen MR) is 85.5 cm³/mol. The van der Waals surface area contributed by atoms with Gasteiger partial charge in [0.25, 0.3) is 0 Å². The number of fused-ring (bicyclic) bond motifs is 1. The first-order valence-corrected chi connectivity index (χ1v) is 7.67. The summed E-state index contributed by atoms with van der Waals surface area (Å²) in [6.45, 7) is 8.22. The minimum atomic E-state index is -0.263. The van der Waals surface area contributed by atoms with Gasteiger partial charge in [0.15, 0.2) is 0 Å². The van der Waals surface area contributed by atoms with Gasteiger partial charge in [-0.3, -0.25) is 0 Å². The van der Waals surface area contributed by atoms with Gasteiger partial charge in [-0.15, -0.1) is 0 Å². The predicted octanol–water partition coefficient (Wildman–Crippen LogP) is 3.09. The Morgan fingerprint density at radius 2 is 2.10 bits per heavy atom. The lowest BCUT2D eigenvalue weighted by Gasteiger charge is -2.31. The highest BCUT2D eigenvalue weighted by Gasteiger charge is 2.25. The monoisotopic (exact) mass is 290 g/mol. The zero-order chi connectivity index (χ0) is 15.6. The molecule has 0 aromatic heterocycles. The van der Waals surface area contributed by atoms with Crippen LogP contribution in [-0.2, 0) is 12.8 Å². The van der Waals surface area contributed by atoms with Crippen molar-refractivity contribution < 1.29 is 9.90 Å². The molecule has 1 aromatic carbocycles. The number of aliphatic hydroxyl groups is 1. The van der Waals surface area contributed by atoms with Crippen molar-refractivity contribution in [2.24, 2.45) is 5.92 Å². The van der Waals surface area contributed by atoms with Crippen LogP contribution in [0.4, 0.5) is 10.5 Å². The molecule has 0 heterocycles. The zero-order valence-electron chi connectivity index (χ0n) is 13.4. The first-order valence-electron chi connectivity index (χ1n) is 7.67. The van der Waals surface area contributed by atoms with Crippen LogP contribution in [0.2, 0.25) is 0 Å². The van der Waals surface area contributed by atoms with Crippen LogP contribution in [-0.4, -0.2) is 22.8 Å². The lowest BCUT2D eigenvalue weighted by Crippen LogP contribution is -2.49. The second-order valence-corrected chi connectivity index (χ2v) is 6.80. The molecule has 2 rings (SSSR count). The maximum absolute atomic E-state index is 12.2. The van der Waals surface area contributed by atoms with Crippen molar-refractivity contribution in [3.05, 3.63) is 29.3 Å². The first-order chi connectivity index (χ1) is 9.79. The SMILES string of the molecule is CC(C)C(C)(C)NC(=O)Nc1cccc2c1CCC(O)C2. The molecule has 116 valence electrons. The molecule has 1 aliphatic rings. The molecule has 0 radical (unpaired) electrons. The van der Waals surface area contributed by atoms with Crippen LogP contribution in [0.5, 0.6) is 0 Å². The summed E-state index contributed by atoms with van der Waals surface area (Å²) in [6.07, 6.45) is 1.97. The number of carbonyl (C=O) groups is 1. The largest absolute Gasteiger partial charge is 0.393 e. The van der Waals surface area contributed by atoms with Crippen molar-refractivity contribution in [1.82, 2.24) is 5.32 Å². The van der Waals surface area contributed by atoms with Gasteiger partial charge in [0.05, 0.1) is 6.10 Å². The summed E-state index contributed by atoms with van der Waals surface area (Å²) in [6, 6.07) is 5.71. The Bertz CT molecular complexity index is 524. The van der Waals surface area contributed by atoms with E-state index in [1.807, 2.05) is 32.0 Å². The lowest BCUT2D eigenvalue weighted by atomic mass is 9.88. The Hall–Kier alpha value is -1.55. The topological polar surface area (TPSA) is 61.4 Å². The van der Waals surface area contributed by atoms with Gasteiger partial charge in [-0.2, -0.15) is 0 Å². The normalized spacial score (nSPS) is 18.3. The van der Waals surface area contributed by atoms with E-state index in [2.05, 4.69) is 24.5 Å². The summed E-state index contributed by atoms with van der Waals surface area (Å²) in [5.74, 6) is 0.350. The highest BCUT2D eigenvalue weighted by atomic mass is 16.3. The van der Waals surface area contributed by atoms with E-state index in [1.165, 1.54) is 0 Å². The van der Waals surface area contributed by atoms with E-state index in [0.29, 0.717) is 12.3 Å². The molecule has 0 aliphatic heterocycles. The molecule has 1 atom stereocenters. The fourth-order valence-electron chi connectivity index (χ4n) is 2.50. The number of anilines is 1. The Kier molecular flexibility index (Phi) is 4.57. The maximum Gasteiger partial charge on any atom is 0.319 e. The number of amides is 2. The van der Waals surface area contributed by atoms with E-state index in [0.717, 1.165) is 29.7 Å². The number of hydrogen-bond acceptors (Lipinski definition) is 2. The molecule has 3 N–H and O–H groups in total. The van der Waals surface area contributed by atoms with Gasteiger partial charge in [-0.25, -0.2) is 4.79 Å². The van der Waals surface area contributed by atoms with Crippen LogP contribution in [0.25, 0.3) is 0 Å². The van der Waals surface area contributed by atoms with E-state index in [-0.39, 0.29) is 17.7 Å². The van der Waals surface area contributed by atoms with Crippen molar-refractivity contribution >= 4 is 11.7 Å². The molecule has 21 heavy (non-hydrogen) atoms. The van der Waals surface area contributed by atoms with E-state index in [9.17, 15) is 9.90 Å². The maximum atomic E-state index is 12.2. The summed E-state index contributed by atoms with van der Waals surface area (Å²) in [5, 5.41) is 15.7. The van der Waals surface area contributed by atoms with E-state index in [4.69, 9.17) is 0 Å². The molecular weight excluding hydrogens is 264 g/mol. The average Bonchev–Trinajstić information content (AvgIpc) is 2.37. The van der Waals surface area contributed by atoms with Crippen molar-refractivity contribution in [2.75, 3.05) is 5.32 Å². The minimum Gasteiger partial charge on any atom is -0.393 e. The van der Waals surface area contributed by atoms with Crippen molar-refractivity contribution in [2.45, 2.75) is 58.6 Å².